The minimum Gasteiger partial charge on any atom is -0.469 e. The lowest BCUT2D eigenvalue weighted by atomic mass is 9.74. The number of rotatable bonds is 4. The second kappa shape index (κ2) is 6.83. The maximum Gasteiger partial charge on any atom is 0.109 e. The highest BCUT2D eigenvalue weighted by Gasteiger charge is 2.37. The molecule has 0 bridgehead atoms. The number of nitrogens with zero attached hydrogens (tertiary/aromatic N) is 3. The van der Waals surface area contributed by atoms with E-state index in [0.717, 1.165) is 38.3 Å². The van der Waals surface area contributed by atoms with Crippen molar-refractivity contribution in [3.05, 3.63) is 41.9 Å². The predicted molar refractivity (Wildman–Crippen MR) is 99.9 cm³/mol. The molecule has 6 heteroatoms. The Morgan fingerprint density at radius 3 is 2.96 bits per heavy atom. The van der Waals surface area contributed by atoms with Crippen LogP contribution in [0, 0.1) is 5.41 Å². The molecule has 2 aromatic rings. The Morgan fingerprint density at radius 2 is 2.19 bits per heavy atom. The number of imidazole rings is 1. The Hall–Kier alpha value is -1.63. The Morgan fingerprint density at radius 1 is 1.35 bits per heavy atom. The van der Waals surface area contributed by atoms with Crippen LogP contribution in [0.2, 0.25) is 0 Å². The fourth-order valence-electron chi connectivity index (χ4n) is 4.52. The van der Waals surface area contributed by atoms with Gasteiger partial charge in [-0.25, -0.2) is 4.98 Å². The van der Waals surface area contributed by atoms with Crippen molar-refractivity contribution in [1.82, 2.24) is 19.8 Å². The normalized spacial score (nSPS) is 28.8. The van der Waals surface area contributed by atoms with Crippen LogP contribution in [0.5, 0.6) is 0 Å². The highest BCUT2D eigenvalue weighted by atomic mass is 16.5. The molecule has 3 heterocycles. The van der Waals surface area contributed by atoms with Crippen molar-refractivity contribution in [3.8, 4) is 0 Å². The maximum atomic E-state index is 6.18. The zero-order chi connectivity index (χ0) is 18.3. The van der Waals surface area contributed by atoms with E-state index < -0.39 is 0 Å². The summed E-state index contributed by atoms with van der Waals surface area (Å²) in [5.74, 6) is 1.13. The fraction of sp³-hybridized carbons (Fsp3) is 0.650. The molecule has 1 N–H and O–H groups in total. The van der Waals surface area contributed by atoms with Crippen molar-refractivity contribution < 1.29 is 9.15 Å². The molecule has 1 aliphatic heterocycles. The van der Waals surface area contributed by atoms with Crippen LogP contribution in [0.1, 0.15) is 49.4 Å². The molecule has 1 saturated heterocycles. The molecule has 26 heavy (non-hydrogen) atoms. The molecule has 4 rings (SSSR count). The Bertz CT molecular complexity index is 751. The third-order valence-electron chi connectivity index (χ3n) is 5.88. The van der Waals surface area contributed by atoms with Gasteiger partial charge in [-0.05, 0) is 24.9 Å². The van der Waals surface area contributed by atoms with Crippen molar-refractivity contribution in [2.75, 3.05) is 26.7 Å². The highest BCUT2D eigenvalue weighted by molar-refractivity contribution is 5.26. The predicted octanol–water partition coefficient (Wildman–Crippen LogP) is 2.69. The molecule has 1 fully saturated rings. The number of aromatic nitrogens is 2. The first-order chi connectivity index (χ1) is 12.4. The van der Waals surface area contributed by atoms with Crippen LogP contribution in [0.15, 0.2) is 29.3 Å². The van der Waals surface area contributed by atoms with Gasteiger partial charge in [-0.2, -0.15) is 0 Å². The third-order valence-corrected chi connectivity index (χ3v) is 5.88. The molecule has 2 aliphatic rings. The molecule has 0 aromatic carbocycles. The highest BCUT2D eigenvalue weighted by Crippen LogP contribution is 2.41. The molecule has 0 amide bonds. The molecule has 1 unspecified atom stereocenters. The van der Waals surface area contributed by atoms with E-state index in [1.54, 1.807) is 0 Å². The minimum absolute atomic E-state index is 0.101. The van der Waals surface area contributed by atoms with Crippen LogP contribution >= 0.6 is 0 Å². The van der Waals surface area contributed by atoms with Gasteiger partial charge in [0.25, 0.3) is 0 Å². The standard InChI is InChI=1S/C20H30N4O2/c1-20(2)9-15(14-5-7-25-17(14)10-20)22-12-18-19(23(3)6-8-26-18)16-11-21-13-24(16)4/h5,7,11,13,15,18-19,22H,6,8-10,12H2,1-4H3/t15?,18-,19-/m0/s1. The summed E-state index contributed by atoms with van der Waals surface area (Å²) in [5, 5.41) is 3.78. The van der Waals surface area contributed by atoms with Gasteiger partial charge in [-0.1, -0.05) is 13.8 Å². The van der Waals surface area contributed by atoms with Crippen LogP contribution < -0.4 is 5.32 Å². The van der Waals surface area contributed by atoms with Crippen molar-refractivity contribution in [1.29, 1.82) is 0 Å². The maximum absolute atomic E-state index is 6.18. The van der Waals surface area contributed by atoms with Crippen molar-refractivity contribution in [2.45, 2.75) is 44.9 Å². The van der Waals surface area contributed by atoms with Gasteiger partial charge in [0.2, 0.25) is 0 Å². The molecule has 3 atom stereocenters. The fourth-order valence-corrected chi connectivity index (χ4v) is 4.52. The van der Waals surface area contributed by atoms with Crippen molar-refractivity contribution in [3.63, 3.8) is 0 Å². The number of fused-ring (bicyclic) bond motifs is 1. The van der Waals surface area contributed by atoms with E-state index in [2.05, 4.69) is 53.8 Å². The molecular weight excluding hydrogens is 328 g/mol. The van der Waals surface area contributed by atoms with E-state index >= 15 is 0 Å². The summed E-state index contributed by atoms with van der Waals surface area (Å²) < 4.78 is 14.0. The van der Waals surface area contributed by atoms with Crippen LogP contribution in [0.3, 0.4) is 0 Å². The number of hydrogen-bond acceptors (Lipinski definition) is 5. The summed E-state index contributed by atoms with van der Waals surface area (Å²) in [5.41, 5.74) is 2.76. The van der Waals surface area contributed by atoms with Crippen LogP contribution in [0.25, 0.3) is 0 Å². The van der Waals surface area contributed by atoms with Gasteiger partial charge >= 0.3 is 0 Å². The average molecular weight is 358 g/mol. The van der Waals surface area contributed by atoms with Gasteiger partial charge in [-0.15, -0.1) is 0 Å². The van der Waals surface area contributed by atoms with Crippen molar-refractivity contribution in [2.24, 2.45) is 12.5 Å². The zero-order valence-corrected chi connectivity index (χ0v) is 16.2. The van der Waals surface area contributed by atoms with Gasteiger partial charge < -0.3 is 19.0 Å². The van der Waals surface area contributed by atoms with Crippen molar-refractivity contribution >= 4 is 0 Å². The van der Waals surface area contributed by atoms with Crippen LogP contribution in [-0.2, 0) is 18.2 Å². The number of aryl methyl sites for hydroxylation is 1. The molecule has 2 aromatic heterocycles. The van der Waals surface area contributed by atoms with E-state index in [1.807, 2.05) is 18.8 Å². The lowest BCUT2D eigenvalue weighted by Crippen LogP contribution is -2.49. The first-order valence-corrected chi connectivity index (χ1v) is 9.52. The minimum atomic E-state index is 0.101. The quantitative estimate of drug-likeness (QED) is 0.911. The van der Waals surface area contributed by atoms with E-state index in [4.69, 9.17) is 9.15 Å². The lowest BCUT2D eigenvalue weighted by molar-refractivity contribution is -0.0650. The number of ether oxygens (including phenoxy) is 1. The Balaban J connectivity index is 1.51. The summed E-state index contributed by atoms with van der Waals surface area (Å²) >= 11 is 0. The molecule has 142 valence electrons. The number of morpholine rings is 1. The average Bonchev–Trinajstić information content (AvgIpc) is 3.20. The molecule has 6 nitrogen and oxygen atoms in total. The Kier molecular flexibility index (Phi) is 4.67. The smallest absolute Gasteiger partial charge is 0.109 e. The number of nitrogens with one attached hydrogen (secondary N) is 1. The number of likely N-dealkylation sites (N-methyl/N-ethyl adjacent to an activating group) is 1. The van der Waals surface area contributed by atoms with Gasteiger partial charge in [0.1, 0.15) is 5.76 Å². The molecule has 1 aliphatic carbocycles. The Labute approximate surface area is 155 Å². The van der Waals surface area contributed by atoms with Gasteiger partial charge in [-0.3, -0.25) is 4.90 Å². The van der Waals surface area contributed by atoms with Crippen LogP contribution in [-0.4, -0.2) is 47.3 Å². The van der Waals surface area contributed by atoms with Gasteiger partial charge in [0.15, 0.2) is 0 Å². The number of hydrogen-bond donors (Lipinski definition) is 1. The van der Waals surface area contributed by atoms with E-state index in [-0.39, 0.29) is 17.6 Å². The van der Waals surface area contributed by atoms with Gasteiger partial charge in [0, 0.05) is 44.4 Å². The van der Waals surface area contributed by atoms with Gasteiger partial charge in [0.05, 0.1) is 37.0 Å². The third kappa shape index (κ3) is 3.33. The topological polar surface area (TPSA) is 55.5 Å². The second-order valence-electron chi connectivity index (χ2n) is 8.57. The molecule has 0 saturated carbocycles. The lowest BCUT2D eigenvalue weighted by Gasteiger charge is -2.41. The summed E-state index contributed by atoms with van der Waals surface area (Å²) in [7, 11) is 4.22. The summed E-state index contributed by atoms with van der Waals surface area (Å²) in [6.07, 6.45) is 7.87. The van der Waals surface area contributed by atoms with E-state index in [1.165, 1.54) is 11.3 Å². The molecule has 0 radical (unpaired) electrons. The second-order valence-corrected chi connectivity index (χ2v) is 8.57. The number of furan rings is 1. The SMILES string of the molecule is CN1CCO[C@@H](CNC2CC(C)(C)Cc3occc32)[C@@H]1c1cncn1C. The first-order valence-electron chi connectivity index (χ1n) is 9.52. The zero-order valence-electron chi connectivity index (χ0n) is 16.2. The summed E-state index contributed by atoms with van der Waals surface area (Å²) in [6.45, 7) is 7.15. The monoisotopic (exact) mass is 358 g/mol. The molecule has 0 spiro atoms. The van der Waals surface area contributed by atoms with E-state index in [0.29, 0.717) is 6.04 Å². The summed E-state index contributed by atoms with van der Waals surface area (Å²) in [4.78, 5) is 6.68. The van der Waals surface area contributed by atoms with Crippen LogP contribution in [0.4, 0.5) is 0 Å². The van der Waals surface area contributed by atoms with E-state index in [9.17, 15) is 0 Å². The molecular formula is C20H30N4O2. The largest absolute Gasteiger partial charge is 0.469 e. The first kappa shape index (κ1) is 17.8. The summed E-state index contributed by atoms with van der Waals surface area (Å²) in [6, 6.07) is 2.65.